The van der Waals surface area contributed by atoms with E-state index in [4.69, 9.17) is 4.74 Å². The highest BCUT2D eigenvalue weighted by molar-refractivity contribution is 5.84. The molecule has 150 valence electrons. The normalized spacial score (nSPS) is 28.3. The van der Waals surface area contributed by atoms with Crippen molar-refractivity contribution in [3.8, 4) is 5.75 Å². The standard InChI is InChI=1S/C24H32N2O2/c1-5-16-14-26-11-9-17(16)12-22(26)23(27)19-8-10-25-21-7-6-18(13-20(19)21)28-15-24(2,3)4/h5-8,10,13,16-17,22-23,27H,1,9,11-12,14-15H2,2-4H3/t16-,17+,22+,23-/m1/s1. The van der Waals surface area contributed by atoms with Gasteiger partial charge in [-0.2, -0.15) is 0 Å². The van der Waals surface area contributed by atoms with Crippen molar-refractivity contribution < 1.29 is 9.84 Å². The molecule has 4 heteroatoms. The van der Waals surface area contributed by atoms with Gasteiger partial charge in [-0.3, -0.25) is 9.88 Å². The summed E-state index contributed by atoms with van der Waals surface area (Å²) in [5.74, 6) is 2.03. The minimum Gasteiger partial charge on any atom is -0.493 e. The molecule has 0 amide bonds. The monoisotopic (exact) mass is 380 g/mol. The van der Waals surface area contributed by atoms with Crippen LogP contribution < -0.4 is 4.74 Å². The van der Waals surface area contributed by atoms with Crippen LogP contribution in [0.3, 0.4) is 0 Å². The number of fused-ring (bicyclic) bond motifs is 4. The van der Waals surface area contributed by atoms with Gasteiger partial charge in [0.05, 0.1) is 18.2 Å². The third-order valence-electron chi connectivity index (χ3n) is 6.26. The lowest BCUT2D eigenvalue weighted by Crippen LogP contribution is -2.54. The highest BCUT2D eigenvalue weighted by atomic mass is 16.5. The van der Waals surface area contributed by atoms with Crippen LogP contribution in [0, 0.1) is 17.3 Å². The van der Waals surface area contributed by atoms with E-state index in [1.807, 2.05) is 24.3 Å². The number of nitrogens with zero attached hydrogens (tertiary/aromatic N) is 2. The molecule has 3 fully saturated rings. The Balaban J connectivity index is 1.62. The summed E-state index contributed by atoms with van der Waals surface area (Å²) >= 11 is 0. The molecule has 5 rings (SSSR count). The minimum absolute atomic E-state index is 0.0997. The SMILES string of the molecule is C=C[C@@H]1CN2CC[C@H]1C[C@H]2[C@H](O)c1ccnc2ccc(OCC(C)(C)C)cc12. The van der Waals surface area contributed by atoms with Crippen LogP contribution in [0.4, 0.5) is 0 Å². The lowest BCUT2D eigenvalue weighted by molar-refractivity contribution is -0.0444. The van der Waals surface area contributed by atoms with Gasteiger partial charge in [-0.15, -0.1) is 6.58 Å². The number of hydrogen-bond donors (Lipinski definition) is 1. The van der Waals surface area contributed by atoms with E-state index in [1.165, 1.54) is 6.42 Å². The van der Waals surface area contributed by atoms with Gasteiger partial charge in [-0.05, 0) is 66.5 Å². The molecule has 5 atom stereocenters. The van der Waals surface area contributed by atoms with Gasteiger partial charge < -0.3 is 9.84 Å². The second-order valence-electron chi connectivity index (χ2n) is 9.62. The van der Waals surface area contributed by atoms with Crippen molar-refractivity contribution in [1.82, 2.24) is 9.88 Å². The van der Waals surface area contributed by atoms with Crippen LogP contribution in [0.25, 0.3) is 10.9 Å². The summed E-state index contributed by atoms with van der Waals surface area (Å²) < 4.78 is 6.01. The van der Waals surface area contributed by atoms with Gasteiger partial charge in [-0.25, -0.2) is 0 Å². The Labute approximate surface area is 168 Å². The van der Waals surface area contributed by atoms with E-state index < -0.39 is 6.10 Å². The van der Waals surface area contributed by atoms with Gasteiger partial charge in [0, 0.05) is 24.2 Å². The lowest BCUT2D eigenvalue weighted by Gasteiger charge is -2.50. The quantitative estimate of drug-likeness (QED) is 0.771. The fourth-order valence-corrected chi connectivity index (χ4v) is 4.71. The number of benzene rings is 1. The summed E-state index contributed by atoms with van der Waals surface area (Å²) in [5, 5.41) is 12.3. The Kier molecular flexibility index (Phi) is 5.19. The number of aliphatic hydroxyl groups is 1. The molecule has 2 aromatic rings. The molecule has 3 saturated heterocycles. The molecule has 1 aromatic heterocycles. The summed E-state index contributed by atoms with van der Waals surface area (Å²) in [4.78, 5) is 6.95. The van der Waals surface area contributed by atoms with Gasteiger partial charge in [0.2, 0.25) is 0 Å². The molecule has 0 radical (unpaired) electrons. The number of pyridine rings is 1. The van der Waals surface area contributed by atoms with Crippen LogP contribution in [0.1, 0.15) is 45.3 Å². The first-order valence-electron chi connectivity index (χ1n) is 10.4. The molecule has 2 bridgehead atoms. The summed E-state index contributed by atoms with van der Waals surface area (Å²) in [7, 11) is 0. The second kappa shape index (κ2) is 7.49. The maximum atomic E-state index is 11.3. The first-order chi connectivity index (χ1) is 13.4. The van der Waals surface area contributed by atoms with Gasteiger partial charge in [-0.1, -0.05) is 26.8 Å². The summed E-state index contributed by atoms with van der Waals surface area (Å²) in [6.45, 7) is 13.2. The van der Waals surface area contributed by atoms with E-state index in [-0.39, 0.29) is 11.5 Å². The highest BCUT2D eigenvalue weighted by Crippen LogP contribution is 2.42. The Hall–Kier alpha value is -1.91. The zero-order valence-electron chi connectivity index (χ0n) is 17.3. The van der Waals surface area contributed by atoms with Crippen molar-refractivity contribution in [1.29, 1.82) is 0 Å². The summed E-state index contributed by atoms with van der Waals surface area (Å²) in [6.07, 6.45) is 5.63. The molecule has 1 aromatic carbocycles. The van der Waals surface area contributed by atoms with Crippen LogP contribution in [-0.2, 0) is 0 Å². The van der Waals surface area contributed by atoms with E-state index in [0.717, 1.165) is 41.7 Å². The van der Waals surface area contributed by atoms with Gasteiger partial charge in [0.15, 0.2) is 0 Å². The molecule has 3 aliphatic heterocycles. The van der Waals surface area contributed by atoms with Crippen LogP contribution in [-0.4, -0.2) is 40.7 Å². The lowest BCUT2D eigenvalue weighted by atomic mass is 9.73. The van der Waals surface area contributed by atoms with Crippen LogP contribution >= 0.6 is 0 Å². The second-order valence-corrected chi connectivity index (χ2v) is 9.62. The van der Waals surface area contributed by atoms with Crippen LogP contribution in [0.5, 0.6) is 5.75 Å². The van der Waals surface area contributed by atoms with Gasteiger partial charge in [0.1, 0.15) is 5.75 Å². The van der Waals surface area contributed by atoms with Crippen molar-refractivity contribution in [2.45, 2.75) is 45.8 Å². The average Bonchev–Trinajstić information content (AvgIpc) is 2.70. The predicted molar refractivity (Wildman–Crippen MR) is 113 cm³/mol. The van der Waals surface area contributed by atoms with E-state index in [2.05, 4.69) is 43.3 Å². The number of rotatable bonds is 5. The number of aromatic nitrogens is 1. The number of piperidine rings is 3. The van der Waals surface area contributed by atoms with Crippen LogP contribution in [0.2, 0.25) is 0 Å². The predicted octanol–water partition coefficient (Wildman–Crippen LogP) is 4.59. The molecule has 0 saturated carbocycles. The van der Waals surface area contributed by atoms with E-state index in [1.54, 1.807) is 6.20 Å². The smallest absolute Gasteiger partial charge is 0.120 e. The van der Waals surface area contributed by atoms with Crippen molar-refractivity contribution in [3.63, 3.8) is 0 Å². The first-order valence-corrected chi connectivity index (χ1v) is 10.4. The maximum Gasteiger partial charge on any atom is 0.120 e. The molecule has 4 nitrogen and oxygen atoms in total. The van der Waals surface area contributed by atoms with Gasteiger partial charge >= 0.3 is 0 Å². The third kappa shape index (κ3) is 3.81. The Morgan fingerprint density at radius 3 is 2.86 bits per heavy atom. The molecule has 1 N–H and O–H groups in total. The average molecular weight is 381 g/mol. The third-order valence-corrected chi connectivity index (χ3v) is 6.26. The number of ether oxygens (including phenoxy) is 1. The molecule has 3 aliphatic rings. The largest absolute Gasteiger partial charge is 0.493 e. The molecule has 0 aliphatic carbocycles. The van der Waals surface area contributed by atoms with E-state index in [9.17, 15) is 5.11 Å². The Bertz CT molecular complexity index is 857. The molecule has 0 spiro atoms. The molecular weight excluding hydrogens is 348 g/mol. The topological polar surface area (TPSA) is 45.6 Å². The summed E-state index contributed by atoms with van der Waals surface area (Å²) in [6, 6.07) is 8.13. The fourth-order valence-electron chi connectivity index (χ4n) is 4.71. The Morgan fingerprint density at radius 2 is 2.18 bits per heavy atom. The highest BCUT2D eigenvalue weighted by Gasteiger charge is 2.42. The number of hydrogen-bond acceptors (Lipinski definition) is 4. The van der Waals surface area contributed by atoms with Crippen molar-refractivity contribution in [3.05, 3.63) is 48.7 Å². The van der Waals surface area contributed by atoms with Crippen molar-refractivity contribution in [2.24, 2.45) is 17.3 Å². The molecule has 1 unspecified atom stereocenters. The first kappa shape index (κ1) is 19.4. The molecule has 28 heavy (non-hydrogen) atoms. The van der Waals surface area contributed by atoms with Crippen molar-refractivity contribution >= 4 is 10.9 Å². The van der Waals surface area contributed by atoms with Gasteiger partial charge in [0.25, 0.3) is 0 Å². The maximum absolute atomic E-state index is 11.3. The molecular formula is C24H32N2O2. The summed E-state index contributed by atoms with van der Waals surface area (Å²) in [5.41, 5.74) is 1.96. The van der Waals surface area contributed by atoms with E-state index >= 15 is 0 Å². The number of aliphatic hydroxyl groups excluding tert-OH is 1. The zero-order chi connectivity index (χ0) is 19.9. The molecule has 4 heterocycles. The Morgan fingerprint density at radius 1 is 1.36 bits per heavy atom. The van der Waals surface area contributed by atoms with E-state index in [0.29, 0.717) is 18.4 Å². The van der Waals surface area contributed by atoms with Crippen LogP contribution in [0.15, 0.2) is 43.1 Å². The fraction of sp³-hybridized carbons (Fsp3) is 0.542. The minimum atomic E-state index is -0.517. The zero-order valence-corrected chi connectivity index (χ0v) is 17.3. The van der Waals surface area contributed by atoms with Crippen molar-refractivity contribution in [2.75, 3.05) is 19.7 Å².